The predicted octanol–water partition coefficient (Wildman–Crippen LogP) is 5.02. The van der Waals surface area contributed by atoms with E-state index in [-0.39, 0.29) is 18.0 Å². The predicted molar refractivity (Wildman–Crippen MR) is 127 cm³/mol. The summed E-state index contributed by atoms with van der Waals surface area (Å²) in [7, 11) is 0. The molecule has 1 aromatic carbocycles. The van der Waals surface area contributed by atoms with Crippen molar-refractivity contribution in [3.05, 3.63) is 51.2 Å². The zero-order valence-electron chi connectivity index (χ0n) is 18.2. The number of anilines is 1. The van der Waals surface area contributed by atoms with Crippen molar-refractivity contribution in [2.75, 3.05) is 11.9 Å². The highest BCUT2D eigenvalue weighted by Crippen LogP contribution is 2.34. The van der Waals surface area contributed by atoms with Gasteiger partial charge in [0.15, 0.2) is 5.13 Å². The fourth-order valence-electron chi connectivity index (χ4n) is 4.43. The van der Waals surface area contributed by atoms with Gasteiger partial charge in [-0.15, -0.1) is 0 Å². The summed E-state index contributed by atoms with van der Waals surface area (Å²) < 4.78 is 5.37. The molecule has 2 aliphatic rings. The Hall–Kier alpha value is -2.91. The van der Waals surface area contributed by atoms with Crippen LogP contribution in [0.25, 0.3) is 11.3 Å². The molecule has 1 saturated carbocycles. The molecule has 0 bridgehead atoms. The number of benzene rings is 1. The molecule has 5 rings (SSSR count). The second kappa shape index (κ2) is 9.15. The molecule has 10 heteroatoms. The number of nitrogens with zero attached hydrogens (tertiary/aromatic N) is 3. The van der Waals surface area contributed by atoms with Crippen LogP contribution in [0.15, 0.2) is 28.8 Å². The molecular weight excluding hydrogens is 462 g/mol. The van der Waals surface area contributed by atoms with E-state index in [1.165, 1.54) is 11.3 Å². The Morgan fingerprint density at radius 2 is 2.03 bits per heavy atom. The first-order valence-electron chi connectivity index (χ1n) is 11.1. The zero-order valence-corrected chi connectivity index (χ0v) is 19.8. The van der Waals surface area contributed by atoms with Crippen LogP contribution in [0.5, 0.6) is 0 Å². The number of fused-ring (bicyclic) bond motifs is 1. The van der Waals surface area contributed by atoms with Gasteiger partial charge in [-0.25, -0.2) is 9.78 Å². The monoisotopic (exact) mass is 485 g/mol. The molecule has 2 aromatic heterocycles. The second-order valence-corrected chi connectivity index (χ2v) is 9.88. The zero-order chi connectivity index (χ0) is 22.9. The van der Waals surface area contributed by atoms with Crippen LogP contribution in [0.3, 0.4) is 0 Å². The van der Waals surface area contributed by atoms with Crippen molar-refractivity contribution in [3.63, 3.8) is 0 Å². The van der Waals surface area contributed by atoms with E-state index in [1.807, 2.05) is 18.2 Å². The summed E-state index contributed by atoms with van der Waals surface area (Å²) in [6.07, 6.45) is 4.98. The van der Waals surface area contributed by atoms with Gasteiger partial charge in [-0.1, -0.05) is 59.1 Å². The molecule has 172 valence electrons. The number of aromatic nitrogens is 2. The quantitative estimate of drug-likeness (QED) is 0.540. The van der Waals surface area contributed by atoms with E-state index in [0.717, 1.165) is 36.3 Å². The van der Waals surface area contributed by atoms with Crippen molar-refractivity contribution in [3.8, 4) is 11.3 Å². The number of aryl methyl sites for hydroxylation is 1. The Labute approximate surface area is 200 Å². The van der Waals surface area contributed by atoms with Crippen molar-refractivity contribution in [2.24, 2.45) is 0 Å². The minimum atomic E-state index is -0.217. The third kappa shape index (κ3) is 4.47. The Bertz CT molecular complexity index is 1200. The van der Waals surface area contributed by atoms with Gasteiger partial charge in [0.25, 0.3) is 5.91 Å². The lowest BCUT2D eigenvalue weighted by atomic mass is 10.0. The minimum Gasteiger partial charge on any atom is -0.360 e. The lowest BCUT2D eigenvalue weighted by Crippen LogP contribution is -2.36. The van der Waals surface area contributed by atoms with E-state index in [0.29, 0.717) is 52.2 Å². The van der Waals surface area contributed by atoms with Gasteiger partial charge in [-0.2, -0.15) is 0 Å². The standard InChI is InChI=1S/C23H24ClN5O3S/c1-13-19(20(28-32-13)15-8-4-5-9-16(15)24)21(30)29-11-10-17-18(12-29)33-23(26-17)27-22(31)25-14-6-2-3-7-14/h4-5,8-9,14H,2-3,6-7,10-12H2,1H3,(H2,25,26,27,31). The van der Waals surface area contributed by atoms with Crippen molar-refractivity contribution >= 4 is 40.0 Å². The highest BCUT2D eigenvalue weighted by Gasteiger charge is 2.31. The van der Waals surface area contributed by atoms with Crippen LogP contribution in [-0.4, -0.2) is 39.6 Å². The molecule has 0 spiro atoms. The van der Waals surface area contributed by atoms with Gasteiger partial charge in [0.2, 0.25) is 0 Å². The van der Waals surface area contributed by atoms with E-state index in [1.54, 1.807) is 17.9 Å². The molecule has 3 aromatic rings. The van der Waals surface area contributed by atoms with Crippen LogP contribution in [0.1, 0.15) is 52.4 Å². The number of rotatable bonds is 4. The lowest BCUT2D eigenvalue weighted by Gasteiger charge is -2.26. The largest absolute Gasteiger partial charge is 0.360 e. The average Bonchev–Trinajstić information content (AvgIpc) is 3.53. The maximum atomic E-state index is 13.5. The smallest absolute Gasteiger partial charge is 0.321 e. The molecule has 0 radical (unpaired) electrons. The number of carbonyl (C=O) groups excluding carboxylic acids is 2. The molecule has 1 aliphatic heterocycles. The molecule has 33 heavy (non-hydrogen) atoms. The van der Waals surface area contributed by atoms with Crippen molar-refractivity contribution in [1.82, 2.24) is 20.4 Å². The second-order valence-electron chi connectivity index (χ2n) is 8.39. The third-order valence-corrected chi connectivity index (χ3v) is 7.46. The number of halogens is 1. The Balaban J connectivity index is 1.31. The maximum absolute atomic E-state index is 13.5. The molecule has 0 atom stereocenters. The van der Waals surface area contributed by atoms with E-state index >= 15 is 0 Å². The number of nitrogens with one attached hydrogen (secondary N) is 2. The normalized spacial score (nSPS) is 16.0. The van der Waals surface area contributed by atoms with Crippen LogP contribution < -0.4 is 10.6 Å². The van der Waals surface area contributed by atoms with Gasteiger partial charge in [0.1, 0.15) is 17.0 Å². The van der Waals surface area contributed by atoms with Gasteiger partial charge >= 0.3 is 6.03 Å². The van der Waals surface area contributed by atoms with Crippen LogP contribution in [0.2, 0.25) is 5.02 Å². The molecule has 0 unspecified atom stereocenters. The summed E-state index contributed by atoms with van der Waals surface area (Å²) in [5.41, 5.74) is 2.46. The average molecular weight is 486 g/mol. The molecular formula is C23H24ClN5O3S. The van der Waals surface area contributed by atoms with Gasteiger partial charge in [-0.05, 0) is 25.8 Å². The first kappa shape index (κ1) is 21.9. The number of carbonyl (C=O) groups is 2. The Morgan fingerprint density at radius 3 is 2.82 bits per heavy atom. The molecule has 1 fully saturated rings. The Morgan fingerprint density at radius 1 is 1.24 bits per heavy atom. The maximum Gasteiger partial charge on any atom is 0.321 e. The molecule has 8 nitrogen and oxygen atoms in total. The molecule has 2 N–H and O–H groups in total. The van der Waals surface area contributed by atoms with Gasteiger partial charge < -0.3 is 14.7 Å². The van der Waals surface area contributed by atoms with E-state index < -0.39 is 0 Å². The van der Waals surface area contributed by atoms with Crippen LogP contribution >= 0.6 is 22.9 Å². The van der Waals surface area contributed by atoms with E-state index in [4.69, 9.17) is 16.1 Å². The number of hydrogen-bond acceptors (Lipinski definition) is 6. The molecule has 0 saturated heterocycles. The first-order chi connectivity index (χ1) is 16.0. The van der Waals surface area contributed by atoms with Crippen molar-refractivity contribution < 1.29 is 14.1 Å². The Kier molecular flexibility index (Phi) is 6.07. The summed E-state index contributed by atoms with van der Waals surface area (Å²) in [6.45, 7) is 2.67. The fourth-order valence-corrected chi connectivity index (χ4v) is 5.67. The highest BCUT2D eigenvalue weighted by atomic mass is 35.5. The summed E-state index contributed by atoms with van der Waals surface area (Å²) in [5.74, 6) is 0.298. The number of amides is 3. The first-order valence-corrected chi connectivity index (χ1v) is 12.3. The highest BCUT2D eigenvalue weighted by molar-refractivity contribution is 7.15. The van der Waals surface area contributed by atoms with Crippen molar-refractivity contribution in [1.29, 1.82) is 0 Å². The van der Waals surface area contributed by atoms with Gasteiger partial charge in [0, 0.05) is 29.4 Å². The minimum absolute atomic E-state index is 0.156. The molecule has 3 heterocycles. The van der Waals surface area contributed by atoms with Gasteiger partial charge in [-0.3, -0.25) is 10.1 Å². The lowest BCUT2D eigenvalue weighted by molar-refractivity contribution is 0.0735. The topological polar surface area (TPSA) is 100 Å². The van der Waals surface area contributed by atoms with Crippen LogP contribution in [-0.2, 0) is 13.0 Å². The van der Waals surface area contributed by atoms with Crippen molar-refractivity contribution in [2.45, 2.75) is 51.6 Å². The van der Waals surface area contributed by atoms with Crippen LogP contribution in [0, 0.1) is 6.92 Å². The van der Waals surface area contributed by atoms with Gasteiger partial charge in [0.05, 0.1) is 17.3 Å². The molecule has 1 aliphatic carbocycles. The number of hydrogen-bond donors (Lipinski definition) is 2. The summed E-state index contributed by atoms with van der Waals surface area (Å²) in [5, 5.41) is 11.0. The SMILES string of the molecule is Cc1onc(-c2ccccc2Cl)c1C(=O)N1CCc2nc(NC(=O)NC3CCCC3)sc2C1. The van der Waals surface area contributed by atoms with E-state index in [2.05, 4.69) is 20.8 Å². The fraction of sp³-hybridized carbons (Fsp3) is 0.391. The summed E-state index contributed by atoms with van der Waals surface area (Å²) >= 11 is 7.75. The van der Waals surface area contributed by atoms with E-state index in [9.17, 15) is 9.59 Å². The summed E-state index contributed by atoms with van der Waals surface area (Å²) in [4.78, 5) is 33.1. The number of urea groups is 1. The number of thiazole rings is 1. The third-order valence-electron chi connectivity index (χ3n) is 6.13. The van der Waals surface area contributed by atoms with Crippen LogP contribution in [0.4, 0.5) is 9.93 Å². The summed E-state index contributed by atoms with van der Waals surface area (Å²) in [6, 6.07) is 7.29. The molecule has 3 amide bonds.